The summed E-state index contributed by atoms with van der Waals surface area (Å²) in [5.74, 6) is 1.20. The van der Waals surface area contributed by atoms with E-state index >= 15 is 0 Å². The fourth-order valence-electron chi connectivity index (χ4n) is 2.25. The third kappa shape index (κ3) is 5.50. The Labute approximate surface area is 141 Å². The van der Waals surface area contributed by atoms with Crippen LogP contribution in [0.15, 0.2) is 42.5 Å². The highest BCUT2D eigenvalue weighted by Crippen LogP contribution is 2.28. The summed E-state index contributed by atoms with van der Waals surface area (Å²) in [6, 6.07) is 13.3. The maximum atomic E-state index is 10.6. The highest BCUT2D eigenvalue weighted by Gasteiger charge is 2.07. The molecule has 0 aliphatic rings. The maximum absolute atomic E-state index is 10.6. The van der Waals surface area contributed by atoms with Crippen molar-refractivity contribution in [2.75, 3.05) is 20.3 Å². The summed E-state index contributed by atoms with van der Waals surface area (Å²) in [4.78, 5) is 10.6. The number of carbonyl (C=O) groups is 1. The highest BCUT2D eigenvalue weighted by atomic mass is 16.5. The Morgan fingerprint density at radius 3 is 2.54 bits per heavy atom. The van der Waals surface area contributed by atoms with E-state index < -0.39 is 5.97 Å². The normalized spacial score (nSPS) is 10.2. The van der Waals surface area contributed by atoms with E-state index in [1.165, 1.54) is 0 Å². The van der Waals surface area contributed by atoms with Crippen LogP contribution in [0.25, 0.3) is 0 Å². The molecule has 0 fully saturated rings. The first kappa shape index (κ1) is 17.7. The van der Waals surface area contributed by atoms with Crippen LogP contribution in [0.4, 0.5) is 0 Å². The smallest absolute Gasteiger partial charge is 0.303 e. The molecule has 2 rings (SSSR count). The Morgan fingerprint density at radius 2 is 1.83 bits per heavy atom. The third-order valence-corrected chi connectivity index (χ3v) is 3.45. The lowest BCUT2D eigenvalue weighted by molar-refractivity contribution is -0.136. The largest absolute Gasteiger partial charge is 0.493 e. The first-order valence-corrected chi connectivity index (χ1v) is 7.79. The van der Waals surface area contributed by atoms with Crippen LogP contribution in [0.2, 0.25) is 0 Å². The van der Waals surface area contributed by atoms with Gasteiger partial charge in [0.2, 0.25) is 0 Å². The second-order valence-electron chi connectivity index (χ2n) is 5.39. The van der Waals surface area contributed by atoms with Gasteiger partial charge in [0, 0.05) is 6.42 Å². The van der Waals surface area contributed by atoms with Crippen LogP contribution in [0, 0.1) is 6.92 Å². The number of methoxy groups -OCH3 is 1. The number of benzene rings is 2. The van der Waals surface area contributed by atoms with Crippen LogP contribution >= 0.6 is 0 Å². The van der Waals surface area contributed by atoms with Gasteiger partial charge in [-0.3, -0.25) is 4.79 Å². The SMILES string of the molecule is COc1cc(CCC(=O)O)ccc1OCCOc1cccc(C)c1. The first-order valence-electron chi connectivity index (χ1n) is 7.79. The summed E-state index contributed by atoms with van der Waals surface area (Å²) in [5, 5.41) is 8.74. The van der Waals surface area contributed by atoms with Gasteiger partial charge in [0.15, 0.2) is 11.5 Å². The van der Waals surface area contributed by atoms with Gasteiger partial charge in [-0.05, 0) is 48.7 Å². The number of aryl methyl sites for hydroxylation is 2. The maximum Gasteiger partial charge on any atom is 0.303 e. The van der Waals surface area contributed by atoms with Gasteiger partial charge >= 0.3 is 5.97 Å². The van der Waals surface area contributed by atoms with Crippen LogP contribution in [0.5, 0.6) is 17.2 Å². The molecule has 5 heteroatoms. The number of ether oxygens (including phenoxy) is 3. The van der Waals surface area contributed by atoms with Crippen molar-refractivity contribution in [1.29, 1.82) is 0 Å². The number of hydrogen-bond donors (Lipinski definition) is 1. The molecule has 2 aromatic rings. The zero-order valence-electron chi connectivity index (χ0n) is 14.0. The number of carboxylic acids is 1. The lowest BCUT2D eigenvalue weighted by Gasteiger charge is -2.13. The van der Waals surface area contributed by atoms with Crippen molar-refractivity contribution in [2.24, 2.45) is 0 Å². The monoisotopic (exact) mass is 330 g/mol. The summed E-state index contributed by atoms with van der Waals surface area (Å²) in [7, 11) is 1.56. The lowest BCUT2D eigenvalue weighted by Crippen LogP contribution is -2.09. The second kappa shape index (κ2) is 8.82. The Hall–Kier alpha value is -2.69. The minimum absolute atomic E-state index is 0.0910. The zero-order chi connectivity index (χ0) is 17.4. The minimum Gasteiger partial charge on any atom is -0.493 e. The van der Waals surface area contributed by atoms with E-state index in [1.807, 2.05) is 37.3 Å². The van der Waals surface area contributed by atoms with Gasteiger partial charge in [0.1, 0.15) is 19.0 Å². The molecule has 0 spiro atoms. The molecule has 1 N–H and O–H groups in total. The van der Waals surface area contributed by atoms with Gasteiger partial charge in [0.25, 0.3) is 0 Å². The number of carboxylic acid groups (broad SMARTS) is 1. The molecule has 128 valence electrons. The van der Waals surface area contributed by atoms with Crippen molar-refractivity contribution >= 4 is 5.97 Å². The van der Waals surface area contributed by atoms with Gasteiger partial charge in [-0.25, -0.2) is 0 Å². The number of hydrogen-bond acceptors (Lipinski definition) is 4. The third-order valence-electron chi connectivity index (χ3n) is 3.45. The molecule has 0 aromatic heterocycles. The molecule has 0 heterocycles. The summed E-state index contributed by atoms with van der Waals surface area (Å²) in [6.07, 6.45) is 0.552. The van der Waals surface area contributed by atoms with Gasteiger partial charge in [-0.2, -0.15) is 0 Å². The second-order valence-corrected chi connectivity index (χ2v) is 5.39. The molecule has 0 amide bonds. The molecule has 0 bridgehead atoms. The molecule has 0 aliphatic carbocycles. The Bertz CT molecular complexity index is 681. The average Bonchev–Trinajstić information content (AvgIpc) is 2.57. The summed E-state index contributed by atoms with van der Waals surface area (Å²) < 4.78 is 16.6. The van der Waals surface area contributed by atoms with E-state index in [4.69, 9.17) is 19.3 Å². The van der Waals surface area contributed by atoms with Crippen molar-refractivity contribution in [3.63, 3.8) is 0 Å². The van der Waals surface area contributed by atoms with Crippen molar-refractivity contribution in [1.82, 2.24) is 0 Å². The molecule has 24 heavy (non-hydrogen) atoms. The van der Waals surface area contributed by atoms with Crippen molar-refractivity contribution in [3.8, 4) is 17.2 Å². The zero-order valence-corrected chi connectivity index (χ0v) is 14.0. The van der Waals surface area contributed by atoms with Crippen LogP contribution in [-0.2, 0) is 11.2 Å². The van der Waals surface area contributed by atoms with Gasteiger partial charge in [-0.1, -0.05) is 18.2 Å². The Balaban J connectivity index is 1.86. The quantitative estimate of drug-likeness (QED) is 0.713. The van der Waals surface area contributed by atoms with E-state index in [2.05, 4.69) is 0 Å². The molecule has 0 unspecified atom stereocenters. The molecule has 5 nitrogen and oxygen atoms in total. The lowest BCUT2D eigenvalue weighted by atomic mass is 10.1. The molecule has 2 aromatic carbocycles. The van der Waals surface area contributed by atoms with Gasteiger partial charge in [0.05, 0.1) is 7.11 Å². The molecule has 0 radical (unpaired) electrons. The van der Waals surface area contributed by atoms with E-state index in [1.54, 1.807) is 19.2 Å². The predicted octanol–water partition coefficient (Wildman–Crippen LogP) is 3.48. The summed E-state index contributed by atoms with van der Waals surface area (Å²) in [5.41, 5.74) is 2.05. The van der Waals surface area contributed by atoms with Crippen LogP contribution in [-0.4, -0.2) is 31.4 Å². The van der Waals surface area contributed by atoms with Crippen LogP contribution in [0.3, 0.4) is 0 Å². The van der Waals surface area contributed by atoms with E-state index in [0.717, 1.165) is 16.9 Å². The average molecular weight is 330 g/mol. The fourth-order valence-corrected chi connectivity index (χ4v) is 2.25. The van der Waals surface area contributed by atoms with Crippen LogP contribution in [0.1, 0.15) is 17.5 Å². The van der Waals surface area contributed by atoms with Crippen molar-refractivity contribution in [3.05, 3.63) is 53.6 Å². The van der Waals surface area contributed by atoms with Crippen LogP contribution < -0.4 is 14.2 Å². The topological polar surface area (TPSA) is 65.0 Å². The Morgan fingerprint density at radius 1 is 1.04 bits per heavy atom. The molecule has 0 atom stereocenters. The van der Waals surface area contributed by atoms with E-state index in [-0.39, 0.29) is 6.42 Å². The molecular weight excluding hydrogens is 308 g/mol. The van der Waals surface area contributed by atoms with Crippen molar-refractivity contribution in [2.45, 2.75) is 19.8 Å². The Kier molecular flexibility index (Phi) is 6.49. The molecule has 0 saturated heterocycles. The minimum atomic E-state index is -0.817. The molecular formula is C19H22O5. The highest BCUT2D eigenvalue weighted by molar-refractivity contribution is 5.67. The standard InChI is InChI=1S/C19H22O5/c1-14-4-3-5-16(12-14)23-10-11-24-17-8-6-15(7-9-19(20)21)13-18(17)22-2/h3-6,8,12-13H,7,9-11H2,1-2H3,(H,20,21). The first-order chi connectivity index (χ1) is 11.6. The summed E-state index contributed by atoms with van der Waals surface area (Å²) >= 11 is 0. The molecule has 0 aliphatic heterocycles. The molecule has 0 saturated carbocycles. The van der Waals surface area contributed by atoms with Crippen molar-refractivity contribution < 1.29 is 24.1 Å². The van der Waals surface area contributed by atoms with E-state index in [0.29, 0.717) is 31.1 Å². The number of rotatable bonds is 9. The summed E-state index contributed by atoms with van der Waals surface area (Å²) in [6.45, 7) is 2.83. The van der Waals surface area contributed by atoms with Gasteiger partial charge in [-0.15, -0.1) is 0 Å². The van der Waals surface area contributed by atoms with E-state index in [9.17, 15) is 4.79 Å². The fraction of sp³-hybridized carbons (Fsp3) is 0.316. The number of aliphatic carboxylic acids is 1. The predicted molar refractivity (Wildman–Crippen MR) is 91.1 cm³/mol. The van der Waals surface area contributed by atoms with Gasteiger partial charge < -0.3 is 19.3 Å².